The van der Waals surface area contributed by atoms with Crippen LogP contribution in [0.15, 0.2) is 11.3 Å². The summed E-state index contributed by atoms with van der Waals surface area (Å²) in [6, 6.07) is 0. The van der Waals surface area contributed by atoms with E-state index < -0.39 is 5.97 Å². The van der Waals surface area contributed by atoms with Gasteiger partial charge in [-0.1, -0.05) is 13.8 Å². The molecule has 0 aromatic rings. The van der Waals surface area contributed by atoms with Crippen molar-refractivity contribution in [2.45, 2.75) is 33.1 Å². The number of aliphatic hydroxyl groups excluding tert-OH is 1. The fraction of sp³-hybridized carbons (Fsp3) is 0.625. The molecule has 0 fully saturated rings. The van der Waals surface area contributed by atoms with Crippen molar-refractivity contribution in [2.75, 3.05) is 0 Å². The molecule has 3 nitrogen and oxygen atoms in total. The lowest BCUT2D eigenvalue weighted by molar-refractivity contribution is -0.133. The summed E-state index contributed by atoms with van der Waals surface area (Å²) < 4.78 is 0. The molecule has 0 aromatic heterocycles. The first-order chi connectivity index (χ1) is 5.13. The highest BCUT2D eigenvalue weighted by molar-refractivity contribution is 5.86. The predicted octanol–water partition coefficient (Wildman–Crippen LogP) is 2.09. The Labute approximate surface area is 66.4 Å². The summed E-state index contributed by atoms with van der Waals surface area (Å²) in [5.41, 5.74) is 0.131. The zero-order chi connectivity index (χ0) is 8.85. The minimum absolute atomic E-state index is 0.0162. The molecule has 0 saturated heterocycles. The number of aliphatic hydroxyl groups is 1. The van der Waals surface area contributed by atoms with E-state index in [1.54, 1.807) is 6.92 Å². The Balaban J connectivity index is 4.40. The minimum atomic E-state index is -1.02. The molecule has 0 amide bonds. The number of rotatable bonds is 4. The van der Waals surface area contributed by atoms with E-state index in [2.05, 4.69) is 0 Å². The Bertz CT molecular complexity index is 170. The Morgan fingerprint density at radius 2 is 1.82 bits per heavy atom. The van der Waals surface area contributed by atoms with Gasteiger partial charge in [0, 0.05) is 6.42 Å². The van der Waals surface area contributed by atoms with Gasteiger partial charge in [0.15, 0.2) is 0 Å². The van der Waals surface area contributed by atoms with Crippen molar-refractivity contribution in [3.63, 3.8) is 0 Å². The van der Waals surface area contributed by atoms with Crippen LogP contribution in [0.25, 0.3) is 0 Å². The average molecular weight is 158 g/mol. The summed E-state index contributed by atoms with van der Waals surface area (Å²) in [6.07, 6.45) is 1.60. The molecule has 0 spiro atoms. The molecule has 0 aliphatic heterocycles. The van der Waals surface area contributed by atoms with Gasteiger partial charge in [0.1, 0.15) is 5.76 Å². The lowest BCUT2D eigenvalue weighted by Gasteiger charge is -2.01. The second-order valence-corrected chi connectivity index (χ2v) is 2.33. The van der Waals surface area contributed by atoms with Gasteiger partial charge < -0.3 is 10.2 Å². The molecule has 0 rings (SSSR count). The summed E-state index contributed by atoms with van der Waals surface area (Å²) in [4.78, 5) is 10.4. The number of carboxylic acids is 1. The number of carbonyl (C=O) groups is 1. The van der Waals surface area contributed by atoms with E-state index >= 15 is 0 Å². The van der Waals surface area contributed by atoms with Crippen LogP contribution in [0.5, 0.6) is 0 Å². The molecule has 0 radical (unpaired) electrons. The van der Waals surface area contributed by atoms with E-state index in [0.29, 0.717) is 12.8 Å². The molecule has 2 N–H and O–H groups in total. The van der Waals surface area contributed by atoms with Crippen molar-refractivity contribution in [3.8, 4) is 0 Å². The number of carboxylic acid groups (broad SMARTS) is 1. The molecular formula is C8H14O3. The van der Waals surface area contributed by atoms with Gasteiger partial charge >= 0.3 is 5.97 Å². The molecular weight excluding hydrogens is 144 g/mol. The molecule has 0 bridgehead atoms. The lowest BCUT2D eigenvalue weighted by Crippen LogP contribution is -2.03. The highest BCUT2D eigenvalue weighted by atomic mass is 16.4. The standard InChI is InChI=1S/C8H14O3/c1-3-5-7(9)6(4-2)8(10)11/h9H,3-5H2,1-2H3,(H,10,11). The van der Waals surface area contributed by atoms with E-state index in [4.69, 9.17) is 5.11 Å². The van der Waals surface area contributed by atoms with Gasteiger partial charge in [-0.3, -0.25) is 0 Å². The van der Waals surface area contributed by atoms with Gasteiger partial charge in [-0.15, -0.1) is 0 Å². The average Bonchev–Trinajstić information content (AvgIpc) is 1.88. The Kier molecular flexibility index (Phi) is 4.34. The van der Waals surface area contributed by atoms with Gasteiger partial charge in [-0.25, -0.2) is 4.79 Å². The molecule has 0 aliphatic rings. The van der Waals surface area contributed by atoms with Crippen LogP contribution in [0.2, 0.25) is 0 Å². The van der Waals surface area contributed by atoms with E-state index in [1.165, 1.54) is 0 Å². The second-order valence-electron chi connectivity index (χ2n) is 2.33. The summed E-state index contributed by atoms with van der Waals surface area (Å²) in [6.45, 7) is 3.61. The number of hydrogen-bond acceptors (Lipinski definition) is 2. The quantitative estimate of drug-likeness (QED) is 0.486. The van der Waals surface area contributed by atoms with Crippen LogP contribution in [0, 0.1) is 0 Å². The Morgan fingerprint density at radius 3 is 2.09 bits per heavy atom. The smallest absolute Gasteiger partial charge is 0.334 e. The molecule has 0 aromatic carbocycles. The first kappa shape index (κ1) is 10.0. The maximum atomic E-state index is 10.4. The van der Waals surface area contributed by atoms with Crippen LogP contribution in [-0.2, 0) is 4.79 Å². The number of aliphatic carboxylic acids is 1. The molecule has 3 heteroatoms. The highest BCUT2D eigenvalue weighted by Crippen LogP contribution is 2.11. The van der Waals surface area contributed by atoms with Gasteiger partial charge in [0.05, 0.1) is 5.57 Å². The first-order valence-corrected chi connectivity index (χ1v) is 3.77. The van der Waals surface area contributed by atoms with Crippen molar-refractivity contribution in [1.29, 1.82) is 0 Å². The van der Waals surface area contributed by atoms with Crippen molar-refractivity contribution in [3.05, 3.63) is 11.3 Å². The maximum Gasteiger partial charge on any atom is 0.334 e. The molecule has 0 aliphatic carbocycles. The molecule has 64 valence electrons. The summed E-state index contributed by atoms with van der Waals surface area (Å²) in [5, 5.41) is 17.7. The minimum Gasteiger partial charge on any atom is -0.512 e. The van der Waals surface area contributed by atoms with E-state index in [0.717, 1.165) is 6.42 Å². The van der Waals surface area contributed by atoms with Gasteiger partial charge in [-0.2, -0.15) is 0 Å². The Hall–Kier alpha value is -0.990. The third kappa shape index (κ3) is 3.07. The van der Waals surface area contributed by atoms with E-state index in [-0.39, 0.29) is 11.3 Å². The Morgan fingerprint density at radius 1 is 1.27 bits per heavy atom. The van der Waals surface area contributed by atoms with Crippen LogP contribution < -0.4 is 0 Å². The van der Waals surface area contributed by atoms with Crippen LogP contribution >= 0.6 is 0 Å². The van der Waals surface area contributed by atoms with Crippen LogP contribution in [0.4, 0.5) is 0 Å². The molecule has 11 heavy (non-hydrogen) atoms. The molecule has 0 heterocycles. The SMILES string of the molecule is CCCC(O)=C(CC)C(=O)O. The zero-order valence-electron chi connectivity index (χ0n) is 6.92. The maximum absolute atomic E-state index is 10.4. The third-order valence-corrected chi connectivity index (χ3v) is 1.45. The molecule has 0 saturated carbocycles. The number of allylic oxidation sites excluding steroid dienone is 1. The fourth-order valence-electron chi connectivity index (χ4n) is 0.866. The van der Waals surface area contributed by atoms with Crippen molar-refractivity contribution in [1.82, 2.24) is 0 Å². The topological polar surface area (TPSA) is 57.5 Å². The van der Waals surface area contributed by atoms with E-state index in [9.17, 15) is 9.90 Å². The largest absolute Gasteiger partial charge is 0.512 e. The summed E-state index contributed by atoms with van der Waals surface area (Å²) in [7, 11) is 0. The number of hydrogen-bond donors (Lipinski definition) is 2. The summed E-state index contributed by atoms with van der Waals surface area (Å²) >= 11 is 0. The van der Waals surface area contributed by atoms with Gasteiger partial charge in [0.2, 0.25) is 0 Å². The van der Waals surface area contributed by atoms with Gasteiger partial charge in [-0.05, 0) is 12.8 Å². The second kappa shape index (κ2) is 4.77. The summed E-state index contributed by atoms with van der Waals surface area (Å²) in [5.74, 6) is -0.999. The van der Waals surface area contributed by atoms with Crippen LogP contribution in [0.1, 0.15) is 33.1 Å². The predicted molar refractivity (Wildman–Crippen MR) is 42.5 cm³/mol. The van der Waals surface area contributed by atoms with Crippen LogP contribution in [-0.4, -0.2) is 16.2 Å². The highest BCUT2D eigenvalue weighted by Gasteiger charge is 2.09. The van der Waals surface area contributed by atoms with Crippen molar-refractivity contribution >= 4 is 5.97 Å². The lowest BCUT2D eigenvalue weighted by atomic mass is 10.1. The normalized spacial score (nSPS) is 12.5. The molecule has 0 unspecified atom stereocenters. The monoisotopic (exact) mass is 158 g/mol. The third-order valence-electron chi connectivity index (χ3n) is 1.45. The fourth-order valence-corrected chi connectivity index (χ4v) is 0.866. The van der Waals surface area contributed by atoms with E-state index in [1.807, 2.05) is 6.92 Å². The van der Waals surface area contributed by atoms with Crippen LogP contribution in [0.3, 0.4) is 0 Å². The van der Waals surface area contributed by atoms with Crippen molar-refractivity contribution in [2.24, 2.45) is 0 Å². The molecule has 0 atom stereocenters. The zero-order valence-corrected chi connectivity index (χ0v) is 6.92. The van der Waals surface area contributed by atoms with Gasteiger partial charge in [0.25, 0.3) is 0 Å². The van der Waals surface area contributed by atoms with Crippen molar-refractivity contribution < 1.29 is 15.0 Å². The first-order valence-electron chi connectivity index (χ1n) is 3.77.